The van der Waals surface area contributed by atoms with Crippen molar-refractivity contribution in [1.82, 2.24) is 4.98 Å². The Bertz CT molecular complexity index is 680. The number of amides is 1. The summed E-state index contributed by atoms with van der Waals surface area (Å²) in [5.74, 6) is -0.273. The molecule has 2 rings (SSSR count). The van der Waals surface area contributed by atoms with Gasteiger partial charge in [0.25, 0.3) is 0 Å². The molecular weight excluding hydrogens is 352 g/mol. The van der Waals surface area contributed by atoms with E-state index in [1.54, 1.807) is 13.1 Å². The lowest BCUT2D eigenvalue weighted by atomic mass is 10.1. The second-order valence-corrected chi connectivity index (χ2v) is 7.89. The number of carbonyl (C=O) groups is 2. The summed E-state index contributed by atoms with van der Waals surface area (Å²) in [6.07, 6.45) is 2.43. The Hall–Kier alpha value is -1.38. The molecule has 0 fully saturated rings. The molecule has 0 aliphatic heterocycles. The van der Waals surface area contributed by atoms with E-state index in [2.05, 4.69) is 10.3 Å². The van der Waals surface area contributed by atoms with Crippen molar-refractivity contribution >= 4 is 51.3 Å². The van der Waals surface area contributed by atoms with Gasteiger partial charge in [-0.3, -0.25) is 4.79 Å². The predicted molar refractivity (Wildman–Crippen MR) is 95.9 cm³/mol. The molecule has 5 nitrogen and oxygen atoms in total. The number of anilines is 1. The third-order valence-corrected chi connectivity index (χ3v) is 6.06. The first-order valence-electron chi connectivity index (χ1n) is 7.18. The number of carbonyl (C=O) groups excluding carboxylic acids is 2. The number of thioether (sulfide) groups is 1. The third-order valence-electron chi connectivity index (χ3n) is 3.03. The number of nitrogens with zero attached hydrogens (tertiary/aromatic N) is 1. The van der Waals surface area contributed by atoms with Crippen LogP contribution in [0.25, 0.3) is 0 Å². The Balaban J connectivity index is 2.11. The molecule has 0 aliphatic rings. The van der Waals surface area contributed by atoms with Crippen LogP contribution in [0.2, 0.25) is 0 Å². The SMILES string of the molecule is CCOC(=O)c1c(NC(=O)CSc2nccs2)sc(C)c1CC. The average Bonchev–Trinajstić information content (AvgIpc) is 3.12. The van der Waals surface area contributed by atoms with E-state index in [0.717, 1.165) is 21.2 Å². The summed E-state index contributed by atoms with van der Waals surface area (Å²) in [7, 11) is 0. The first kappa shape index (κ1) is 18.0. The van der Waals surface area contributed by atoms with Crippen LogP contribution in [-0.2, 0) is 16.0 Å². The highest BCUT2D eigenvalue weighted by Gasteiger charge is 2.23. The fourth-order valence-electron chi connectivity index (χ4n) is 2.08. The maximum atomic E-state index is 12.2. The van der Waals surface area contributed by atoms with E-state index in [1.807, 2.05) is 19.2 Å². The summed E-state index contributed by atoms with van der Waals surface area (Å²) >= 11 is 4.29. The van der Waals surface area contributed by atoms with E-state index in [1.165, 1.54) is 34.4 Å². The third kappa shape index (κ3) is 4.55. The molecule has 0 saturated heterocycles. The first-order chi connectivity index (χ1) is 11.1. The van der Waals surface area contributed by atoms with Gasteiger partial charge in [0, 0.05) is 16.5 Å². The number of thiophene rings is 1. The molecular formula is C15H18N2O3S3. The van der Waals surface area contributed by atoms with Crippen molar-refractivity contribution in [3.8, 4) is 0 Å². The molecule has 0 unspecified atom stereocenters. The van der Waals surface area contributed by atoms with E-state index in [4.69, 9.17) is 4.74 Å². The Morgan fingerprint density at radius 1 is 1.39 bits per heavy atom. The first-order valence-corrected chi connectivity index (χ1v) is 9.86. The van der Waals surface area contributed by atoms with Crippen LogP contribution in [0.3, 0.4) is 0 Å². The van der Waals surface area contributed by atoms with Gasteiger partial charge in [0.15, 0.2) is 0 Å². The van der Waals surface area contributed by atoms with Gasteiger partial charge in [-0.25, -0.2) is 9.78 Å². The Kier molecular flexibility index (Phi) is 6.61. The quantitative estimate of drug-likeness (QED) is 0.590. The van der Waals surface area contributed by atoms with E-state index in [-0.39, 0.29) is 17.6 Å². The number of hydrogen-bond donors (Lipinski definition) is 1. The number of hydrogen-bond acceptors (Lipinski definition) is 7. The second kappa shape index (κ2) is 8.47. The van der Waals surface area contributed by atoms with Crippen molar-refractivity contribution in [2.24, 2.45) is 0 Å². The molecule has 23 heavy (non-hydrogen) atoms. The monoisotopic (exact) mass is 370 g/mol. The molecule has 1 N–H and O–H groups in total. The van der Waals surface area contributed by atoms with E-state index in [9.17, 15) is 9.59 Å². The van der Waals surface area contributed by atoms with Crippen LogP contribution in [0.15, 0.2) is 15.9 Å². The van der Waals surface area contributed by atoms with Crippen LogP contribution in [0.4, 0.5) is 5.00 Å². The Morgan fingerprint density at radius 2 is 2.17 bits per heavy atom. The molecule has 124 valence electrons. The average molecular weight is 371 g/mol. The summed E-state index contributed by atoms with van der Waals surface area (Å²) in [6.45, 7) is 6.02. The lowest BCUT2D eigenvalue weighted by Gasteiger charge is -2.07. The summed E-state index contributed by atoms with van der Waals surface area (Å²) in [5, 5.41) is 5.28. The maximum absolute atomic E-state index is 12.2. The van der Waals surface area contributed by atoms with Crippen molar-refractivity contribution in [2.45, 2.75) is 31.5 Å². The van der Waals surface area contributed by atoms with Gasteiger partial charge in [0.2, 0.25) is 5.91 Å². The van der Waals surface area contributed by atoms with Crippen molar-refractivity contribution in [2.75, 3.05) is 17.7 Å². The number of thiazole rings is 1. The van der Waals surface area contributed by atoms with Gasteiger partial charge in [-0.1, -0.05) is 18.7 Å². The van der Waals surface area contributed by atoms with Gasteiger partial charge < -0.3 is 10.1 Å². The van der Waals surface area contributed by atoms with Gasteiger partial charge in [-0.2, -0.15) is 0 Å². The fourth-order valence-corrected chi connectivity index (χ4v) is 4.67. The van der Waals surface area contributed by atoms with Crippen LogP contribution in [0.5, 0.6) is 0 Å². The zero-order chi connectivity index (χ0) is 16.8. The topological polar surface area (TPSA) is 68.3 Å². The molecule has 0 saturated carbocycles. The molecule has 1 amide bonds. The Labute approximate surface area is 147 Å². The minimum atomic E-state index is -0.378. The molecule has 0 spiro atoms. The number of esters is 1. The van der Waals surface area contributed by atoms with Gasteiger partial charge in [-0.15, -0.1) is 22.7 Å². The lowest BCUT2D eigenvalue weighted by molar-refractivity contribution is -0.113. The van der Waals surface area contributed by atoms with Gasteiger partial charge in [0.05, 0.1) is 17.9 Å². The summed E-state index contributed by atoms with van der Waals surface area (Å²) in [5.41, 5.74) is 1.43. The number of ether oxygens (including phenoxy) is 1. The predicted octanol–water partition coefficient (Wildman–Crippen LogP) is 3.98. The lowest BCUT2D eigenvalue weighted by Crippen LogP contribution is -2.16. The molecule has 0 aliphatic carbocycles. The van der Waals surface area contributed by atoms with Crippen LogP contribution in [-0.4, -0.2) is 29.2 Å². The minimum Gasteiger partial charge on any atom is -0.462 e. The summed E-state index contributed by atoms with van der Waals surface area (Å²) in [4.78, 5) is 29.5. The molecule has 0 atom stereocenters. The normalized spacial score (nSPS) is 10.6. The Morgan fingerprint density at radius 3 is 2.78 bits per heavy atom. The zero-order valence-corrected chi connectivity index (χ0v) is 15.6. The fraction of sp³-hybridized carbons (Fsp3) is 0.400. The molecule has 2 aromatic rings. The van der Waals surface area contributed by atoms with Crippen LogP contribution in [0.1, 0.15) is 34.6 Å². The second-order valence-electron chi connectivity index (χ2n) is 4.55. The molecule has 0 bridgehead atoms. The summed E-state index contributed by atoms with van der Waals surface area (Å²) in [6, 6.07) is 0. The van der Waals surface area contributed by atoms with E-state index < -0.39 is 0 Å². The highest BCUT2D eigenvalue weighted by atomic mass is 32.2. The van der Waals surface area contributed by atoms with Gasteiger partial charge in [-0.05, 0) is 25.8 Å². The number of rotatable bonds is 7. The standard InChI is InChI=1S/C15H18N2O3S3/c1-4-10-9(3)23-13(12(10)14(19)20-5-2)17-11(18)8-22-15-16-6-7-21-15/h6-7H,4-5,8H2,1-3H3,(H,17,18). The number of aryl methyl sites for hydroxylation is 1. The summed E-state index contributed by atoms with van der Waals surface area (Å²) < 4.78 is 5.98. The largest absolute Gasteiger partial charge is 0.462 e. The van der Waals surface area contributed by atoms with Crippen molar-refractivity contribution in [1.29, 1.82) is 0 Å². The molecule has 2 heterocycles. The van der Waals surface area contributed by atoms with Gasteiger partial charge >= 0.3 is 5.97 Å². The van der Waals surface area contributed by atoms with Gasteiger partial charge in [0.1, 0.15) is 9.34 Å². The smallest absolute Gasteiger partial charge is 0.341 e. The van der Waals surface area contributed by atoms with Crippen LogP contribution in [0, 0.1) is 6.92 Å². The molecule has 0 aromatic carbocycles. The zero-order valence-electron chi connectivity index (χ0n) is 13.2. The molecule has 2 aromatic heterocycles. The maximum Gasteiger partial charge on any atom is 0.341 e. The number of aromatic nitrogens is 1. The van der Waals surface area contributed by atoms with Crippen molar-refractivity contribution in [3.63, 3.8) is 0 Å². The van der Waals surface area contributed by atoms with Crippen molar-refractivity contribution < 1.29 is 14.3 Å². The van der Waals surface area contributed by atoms with Crippen LogP contribution < -0.4 is 5.32 Å². The van der Waals surface area contributed by atoms with Crippen LogP contribution >= 0.6 is 34.4 Å². The van der Waals surface area contributed by atoms with E-state index >= 15 is 0 Å². The number of nitrogens with one attached hydrogen (secondary N) is 1. The highest BCUT2D eigenvalue weighted by molar-refractivity contribution is 8.01. The molecule has 0 radical (unpaired) electrons. The minimum absolute atomic E-state index is 0.153. The molecule has 8 heteroatoms. The van der Waals surface area contributed by atoms with E-state index in [0.29, 0.717) is 17.2 Å². The highest BCUT2D eigenvalue weighted by Crippen LogP contribution is 2.34. The van der Waals surface area contributed by atoms with Crippen molar-refractivity contribution in [3.05, 3.63) is 27.6 Å².